The number of ether oxygens (including phenoxy) is 2. The maximum absolute atomic E-state index is 12.3. The number of nitrogens with one attached hydrogen (secondary N) is 1. The highest BCUT2D eigenvalue weighted by Gasteiger charge is 2.19. The molecule has 0 unspecified atom stereocenters. The van der Waals surface area contributed by atoms with E-state index in [-0.39, 0.29) is 17.6 Å². The van der Waals surface area contributed by atoms with Gasteiger partial charge >= 0.3 is 0 Å². The van der Waals surface area contributed by atoms with Crippen molar-refractivity contribution in [3.63, 3.8) is 0 Å². The molecule has 2 aromatic rings. The molecule has 1 aromatic carbocycles. The molecule has 0 aliphatic rings. The van der Waals surface area contributed by atoms with Gasteiger partial charge in [-0.1, -0.05) is 0 Å². The Labute approximate surface area is 123 Å². The second kappa shape index (κ2) is 5.87. The minimum atomic E-state index is -0.269. The van der Waals surface area contributed by atoms with E-state index in [9.17, 15) is 4.79 Å². The largest absolute Gasteiger partial charge is 0.493 e. The number of nitrogens with two attached hydrogens (primary N) is 1. The predicted octanol–water partition coefficient (Wildman–Crippen LogP) is 1.97. The second-order valence-electron chi connectivity index (χ2n) is 4.91. The molecule has 0 saturated heterocycles. The fourth-order valence-corrected chi connectivity index (χ4v) is 2.22. The summed E-state index contributed by atoms with van der Waals surface area (Å²) in [6, 6.07) is 3.39. The Balaban J connectivity index is 2.73. The van der Waals surface area contributed by atoms with E-state index >= 15 is 0 Å². The average Bonchev–Trinajstić information content (AvgIpc) is 2.45. The highest BCUT2D eigenvalue weighted by molar-refractivity contribution is 6.12. The molecule has 0 bridgehead atoms. The number of aromatic nitrogens is 1. The van der Waals surface area contributed by atoms with Gasteiger partial charge in [0.15, 0.2) is 11.5 Å². The van der Waals surface area contributed by atoms with E-state index in [1.165, 1.54) is 7.11 Å². The van der Waals surface area contributed by atoms with E-state index < -0.39 is 0 Å². The van der Waals surface area contributed by atoms with E-state index in [1.54, 1.807) is 25.4 Å². The molecular formula is C15H19N3O3. The molecule has 0 atom stereocenters. The average molecular weight is 289 g/mol. The molecule has 0 saturated carbocycles. The van der Waals surface area contributed by atoms with E-state index in [2.05, 4.69) is 10.3 Å². The number of carbonyl (C=O) groups excluding carboxylic acids is 1. The third kappa shape index (κ3) is 2.69. The molecule has 2 rings (SSSR count). The molecule has 0 aliphatic carbocycles. The van der Waals surface area contributed by atoms with Crippen LogP contribution in [0.15, 0.2) is 18.3 Å². The summed E-state index contributed by atoms with van der Waals surface area (Å²) in [5.74, 6) is 0.779. The number of nitrogen functional groups attached to an aromatic ring is 1. The summed E-state index contributed by atoms with van der Waals surface area (Å²) in [7, 11) is 3.08. The van der Waals surface area contributed by atoms with Gasteiger partial charge in [-0.25, -0.2) is 0 Å². The zero-order valence-electron chi connectivity index (χ0n) is 12.6. The van der Waals surface area contributed by atoms with Gasteiger partial charge in [0.1, 0.15) is 5.69 Å². The molecule has 0 radical (unpaired) electrons. The summed E-state index contributed by atoms with van der Waals surface area (Å²) in [5, 5.41) is 4.07. The first-order valence-electron chi connectivity index (χ1n) is 6.59. The van der Waals surface area contributed by atoms with Crippen molar-refractivity contribution < 1.29 is 14.3 Å². The molecule has 1 aromatic heterocycles. The van der Waals surface area contributed by atoms with Crippen LogP contribution < -0.4 is 20.5 Å². The first kappa shape index (κ1) is 14.9. The van der Waals surface area contributed by atoms with Crippen molar-refractivity contribution in [1.29, 1.82) is 0 Å². The number of hydrogen-bond donors (Lipinski definition) is 2. The molecule has 0 fully saturated rings. The van der Waals surface area contributed by atoms with E-state index in [4.69, 9.17) is 15.2 Å². The van der Waals surface area contributed by atoms with Gasteiger partial charge in [0.05, 0.1) is 14.2 Å². The lowest BCUT2D eigenvalue weighted by Gasteiger charge is -2.15. The number of methoxy groups -OCH3 is 2. The lowest BCUT2D eigenvalue weighted by molar-refractivity contribution is 0.0940. The zero-order chi connectivity index (χ0) is 15.6. The standard InChI is InChI=1S/C15H19N3O3/c1-8(2)18-15(19)13-12-9(5-6-17-13)14(21-4)11(20-3)7-10(12)16/h5-8H,16H2,1-4H3,(H,18,19). The number of anilines is 1. The Morgan fingerprint density at radius 3 is 2.62 bits per heavy atom. The molecular weight excluding hydrogens is 270 g/mol. The Hall–Kier alpha value is -2.50. The molecule has 0 aliphatic heterocycles. The lowest BCUT2D eigenvalue weighted by atomic mass is 10.1. The summed E-state index contributed by atoms with van der Waals surface area (Å²) >= 11 is 0. The number of pyridine rings is 1. The molecule has 112 valence electrons. The van der Waals surface area contributed by atoms with Crippen LogP contribution in [0, 0.1) is 0 Å². The smallest absolute Gasteiger partial charge is 0.270 e. The number of hydrogen-bond acceptors (Lipinski definition) is 5. The van der Waals surface area contributed by atoms with Crippen LogP contribution in [0.25, 0.3) is 10.8 Å². The number of amides is 1. The maximum Gasteiger partial charge on any atom is 0.270 e. The zero-order valence-corrected chi connectivity index (χ0v) is 12.6. The van der Waals surface area contributed by atoms with Gasteiger partial charge in [-0.2, -0.15) is 0 Å². The van der Waals surface area contributed by atoms with Gasteiger partial charge in [-0.15, -0.1) is 0 Å². The van der Waals surface area contributed by atoms with Crippen molar-refractivity contribution in [1.82, 2.24) is 10.3 Å². The van der Waals surface area contributed by atoms with Crippen LogP contribution in [0.3, 0.4) is 0 Å². The SMILES string of the molecule is COc1cc(N)c2c(C(=O)NC(C)C)nccc2c1OC. The van der Waals surface area contributed by atoms with Crippen molar-refractivity contribution in [2.45, 2.75) is 19.9 Å². The summed E-state index contributed by atoms with van der Waals surface area (Å²) < 4.78 is 10.6. The molecule has 1 amide bonds. The van der Waals surface area contributed by atoms with E-state index in [0.29, 0.717) is 28.0 Å². The van der Waals surface area contributed by atoms with Crippen molar-refractivity contribution in [2.75, 3.05) is 20.0 Å². The Morgan fingerprint density at radius 1 is 1.33 bits per heavy atom. The van der Waals surface area contributed by atoms with Gasteiger partial charge < -0.3 is 20.5 Å². The molecule has 6 heteroatoms. The minimum absolute atomic E-state index is 0.0101. The van der Waals surface area contributed by atoms with Gasteiger partial charge in [-0.05, 0) is 19.9 Å². The lowest BCUT2D eigenvalue weighted by Crippen LogP contribution is -2.31. The fraction of sp³-hybridized carbons (Fsp3) is 0.333. The molecule has 1 heterocycles. The number of carbonyl (C=O) groups is 1. The highest BCUT2D eigenvalue weighted by Crippen LogP contribution is 2.39. The van der Waals surface area contributed by atoms with Gasteiger partial charge in [-0.3, -0.25) is 9.78 Å². The van der Waals surface area contributed by atoms with E-state index in [1.807, 2.05) is 13.8 Å². The minimum Gasteiger partial charge on any atom is -0.493 e. The monoisotopic (exact) mass is 289 g/mol. The fourth-order valence-electron chi connectivity index (χ4n) is 2.22. The summed E-state index contributed by atoms with van der Waals surface area (Å²) in [6.45, 7) is 3.77. The number of fused-ring (bicyclic) bond motifs is 1. The van der Waals surface area contributed by atoms with Gasteiger partial charge in [0.2, 0.25) is 0 Å². The number of rotatable bonds is 4. The Kier molecular flexibility index (Phi) is 4.16. The maximum atomic E-state index is 12.3. The normalized spacial score (nSPS) is 10.7. The van der Waals surface area contributed by atoms with Crippen molar-refractivity contribution in [3.05, 3.63) is 24.0 Å². The topological polar surface area (TPSA) is 86.5 Å². The molecule has 21 heavy (non-hydrogen) atoms. The van der Waals surface area contributed by atoms with Crippen LogP contribution in [-0.2, 0) is 0 Å². The van der Waals surface area contributed by atoms with Crippen LogP contribution in [0.1, 0.15) is 24.3 Å². The first-order chi connectivity index (χ1) is 9.99. The summed E-state index contributed by atoms with van der Waals surface area (Å²) in [6.07, 6.45) is 1.55. The third-order valence-electron chi connectivity index (χ3n) is 3.05. The van der Waals surface area contributed by atoms with Crippen LogP contribution in [0.2, 0.25) is 0 Å². The summed E-state index contributed by atoms with van der Waals surface area (Å²) in [5.41, 5.74) is 6.77. The highest BCUT2D eigenvalue weighted by atomic mass is 16.5. The van der Waals surface area contributed by atoms with E-state index in [0.717, 1.165) is 0 Å². The van der Waals surface area contributed by atoms with Crippen LogP contribution in [0.5, 0.6) is 11.5 Å². The van der Waals surface area contributed by atoms with Crippen molar-refractivity contribution in [2.24, 2.45) is 0 Å². The van der Waals surface area contributed by atoms with Gasteiger partial charge in [0.25, 0.3) is 5.91 Å². The number of nitrogens with zero attached hydrogens (tertiary/aromatic N) is 1. The van der Waals surface area contributed by atoms with Crippen molar-refractivity contribution in [3.8, 4) is 11.5 Å². The quantitative estimate of drug-likeness (QED) is 0.840. The number of benzene rings is 1. The van der Waals surface area contributed by atoms with Crippen LogP contribution in [-0.4, -0.2) is 31.2 Å². The van der Waals surface area contributed by atoms with Crippen LogP contribution >= 0.6 is 0 Å². The first-order valence-corrected chi connectivity index (χ1v) is 6.59. The van der Waals surface area contributed by atoms with Crippen LogP contribution in [0.4, 0.5) is 5.69 Å². The van der Waals surface area contributed by atoms with Gasteiger partial charge in [0, 0.05) is 34.8 Å². The third-order valence-corrected chi connectivity index (χ3v) is 3.05. The Bertz CT molecular complexity index is 683. The Morgan fingerprint density at radius 2 is 2.05 bits per heavy atom. The second-order valence-corrected chi connectivity index (χ2v) is 4.91. The summed E-state index contributed by atoms with van der Waals surface area (Å²) in [4.78, 5) is 16.4. The molecule has 6 nitrogen and oxygen atoms in total. The van der Waals surface area contributed by atoms with Crippen molar-refractivity contribution >= 4 is 22.4 Å². The molecule has 0 spiro atoms. The molecule has 3 N–H and O–H groups in total. The predicted molar refractivity (Wildman–Crippen MR) is 81.9 cm³/mol.